The molecule has 0 saturated heterocycles. The van der Waals surface area contributed by atoms with Crippen LogP contribution in [0.2, 0.25) is 0 Å². The van der Waals surface area contributed by atoms with Gasteiger partial charge in [-0.25, -0.2) is 14.8 Å². The summed E-state index contributed by atoms with van der Waals surface area (Å²) in [5, 5.41) is 30.9. The summed E-state index contributed by atoms with van der Waals surface area (Å²) in [6, 6.07) is 1.76. The van der Waals surface area contributed by atoms with Gasteiger partial charge >= 0.3 is 6.09 Å². The predicted octanol–water partition coefficient (Wildman–Crippen LogP) is 0.657. The molecule has 0 aliphatic heterocycles. The molecular formula is C14H20N4O4. The van der Waals surface area contributed by atoms with Crippen molar-refractivity contribution in [3.63, 3.8) is 0 Å². The highest BCUT2D eigenvalue weighted by atomic mass is 16.6. The number of nitriles is 1. The third kappa shape index (κ3) is 6.03. The van der Waals surface area contributed by atoms with Crippen LogP contribution in [0.25, 0.3) is 0 Å². The number of nitrogens with one attached hydrogen (secondary N) is 1. The van der Waals surface area contributed by atoms with E-state index in [0.717, 1.165) is 0 Å². The maximum absolute atomic E-state index is 11.4. The zero-order valence-electron chi connectivity index (χ0n) is 12.8. The quantitative estimate of drug-likeness (QED) is 0.728. The van der Waals surface area contributed by atoms with Gasteiger partial charge in [-0.05, 0) is 27.2 Å². The SMILES string of the molecule is CC(C)(C)OC(=O)NCCC(O)C(O)c1cnc(C#N)nc1. The molecule has 0 fully saturated rings. The highest BCUT2D eigenvalue weighted by Gasteiger charge is 2.20. The van der Waals surface area contributed by atoms with E-state index >= 15 is 0 Å². The Morgan fingerprint density at radius 3 is 2.50 bits per heavy atom. The molecule has 0 aliphatic rings. The first-order chi connectivity index (χ1) is 10.2. The van der Waals surface area contributed by atoms with Crippen LogP contribution in [0.4, 0.5) is 4.79 Å². The molecule has 1 amide bonds. The molecule has 1 aromatic rings. The van der Waals surface area contributed by atoms with Gasteiger partial charge in [0.2, 0.25) is 5.82 Å². The van der Waals surface area contributed by atoms with Gasteiger partial charge in [0.1, 0.15) is 17.8 Å². The minimum Gasteiger partial charge on any atom is -0.444 e. The van der Waals surface area contributed by atoms with Crippen molar-refractivity contribution in [2.75, 3.05) is 6.54 Å². The molecule has 1 aromatic heterocycles. The van der Waals surface area contributed by atoms with Gasteiger partial charge < -0.3 is 20.3 Å². The molecule has 0 radical (unpaired) electrons. The summed E-state index contributed by atoms with van der Waals surface area (Å²) in [6.45, 7) is 5.38. The highest BCUT2D eigenvalue weighted by Crippen LogP contribution is 2.17. The Hall–Kier alpha value is -2.24. The predicted molar refractivity (Wildman–Crippen MR) is 76.6 cm³/mol. The number of alkyl carbamates (subject to hydrolysis) is 1. The van der Waals surface area contributed by atoms with E-state index in [1.807, 2.05) is 0 Å². The molecule has 0 aliphatic carbocycles. The summed E-state index contributed by atoms with van der Waals surface area (Å²) >= 11 is 0. The summed E-state index contributed by atoms with van der Waals surface area (Å²) < 4.78 is 5.05. The average Bonchev–Trinajstić information content (AvgIpc) is 2.44. The number of ether oxygens (including phenoxy) is 1. The summed E-state index contributed by atoms with van der Waals surface area (Å²) in [5.74, 6) is -0.0166. The van der Waals surface area contributed by atoms with Gasteiger partial charge in [0, 0.05) is 24.5 Å². The van der Waals surface area contributed by atoms with Crippen LogP contribution in [0.15, 0.2) is 12.4 Å². The Bertz CT molecular complexity index is 533. The first kappa shape index (κ1) is 17.8. The maximum Gasteiger partial charge on any atom is 0.407 e. The number of rotatable bonds is 5. The Morgan fingerprint density at radius 1 is 1.41 bits per heavy atom. The smallest absolute Gasteiger partial charge is 0.407 e. The lowest BCUT2D eigenvalue weighted by molar-refractivity contribution is 0.0119. The first-order valence-corrected chi connectivity index (χ1v) is 6.78. The average molecular weight is 308 g/mol. The second kappa shape index (κ2) is 7.68. The van der Waals surface area contributed by atoms with Crippen LogP contribution >= 0.6 is 0 Å². The van der Waals surface area contributed by atoms with Crippen LogP contribution in [-0.4, -0.2) is 44.5 Å². The van der Waals surface area contributed by atoms with E-state index in [-0.39, 0.29) is 18.8 Å². The molecule has 0 spiro atoms. The third-order valence-electron chi connectivity index (χ3n) is 2.59. The van der Waals surface area contributed by atoms with Crippen LogP contribution in [-0.2, 0) is 4.74 Å². The van der Waals surface area contributed by atoms with E-state index in [2.05, 4.69) is 15.3 Å². The van der Waals surface area contributed by atoms with Crippen molar-refractivity contribution in [1.82, 2.24) is 15.3 Å². The number of amides is 1. The topological polar surface area (TPSA) is 128 Å². The number of carbonyl (C=O) groups is 1. The number of hydrogen-bond acceptors (Lipinski definition) is 7. The molecule has 120 valence electrons. The number of carbonyl (C=O) groups excluding carboxylic acids is 1. The van der Waals surface area contributed by atoms with E-state index in [9.17, 15) is 15.0 Å². The van der Waals surface area contributed by atoms with E-state index < -0.39 is 23.9 Å². The molecule has 1 rings (SSSR count). The molecule has 0 aromatic carbocycles. The molecule has 0 saturated carbocycles. The monoisotopic (exact) mass is 308 g/mol. The molecule has 3 N–H and O–H groups in total. The van der Waals surface area contributed by atoms with E-state index in [1.165, 1.54) is 12.4 Å². The fraction of sp³-hybridized carbons (Fsp3) is 0.571. The van der Waals surface area contributed by atoms with Gasteiger partial charge in [0.15, 0.2) is 0 Å². The molecule has 0 bridgehead atoms. The number of aliphatic hydroxyl groups is 2. The van der Waals surface area contributed by atoms with Gasteiger partial charge in [0.05, 0.1) is 6.10 Å². The molecule has 2 unspecified atom stereocenters. The van der Waals surface area contributed by atoms with Crippen molar-refractivity contribution in [2.45, 2.75) is 45.0 Å². The van der Waals surface area contributed by atoms with Gasteiger partial charge in [-0.3, -0.25) is 0 Å². The van der Waals surface area contributed by atoms with Crippen LogP contribution in [0.5, 0.6) is 0 Å². The van der Waals surface area contributed by atoms with E-state index in [0.29, 0.717) is 5.56 Å². The largest absolute Gasteiger partial charge is 0.444 e. The maximum atomic E-state index is 11.4. The van der Waals surface area contributed by atoms with Crippen molar-refractivity contribution < 1.29 is 19.7 Å². The number of hydrogen-bond donors (Lipinski definition) is 3. The van der Waals surface area contributed by atoms with Crippen molar-refractivity contribution in [3.05, 3.63) is 23.8 Å². The Labute approximate surface area is 128 Å². The Morgan fingerprint density at radius 2 is 2.00 bits per heavy atom. The summed E-state index contributed by atoms with van der Waals surface area (Å²) in [5.41, 5.74) is -0.300. The lowest BCUT2D eigenvalue weighted by Crippen LogP contribution is -2.34. The minimum atomic E-state index is -1.20. The molecule has 2 atom stereocenters. The van der Waals surface area contributed by atoms with Gasteiger partial charge in [-0.1, -0.05) is 0 Å². The second-order valence-corrected chi connectivity index (χ2v) is 5.68. The van der Waals surface area contributed by atoms with Crippen molar-refractivity contribution in [2.24, 2.45) is 0 Å². The molecule has 22 heavy (non-hydrogen) atoms. The lowest BCUT2D eigenvalue weighted by atomic mass is 10.1. The zero-order chi connectivity index (χ0) is 16.8. The number of aromatic nitrogens is 2. The standard InChI is InChI=1S/C14H20N4O4/c1-14(2,3)22-13(21)16-5-4-10(19)12(20)9-7-17-11(6-15)18-8-9/h7-8,10,12,19-20H,4-5H2,1-3H3,(H,16,21). The van der Waals surface area contributed by atoms with Gasteiger partial charge in [-0.2, -0.15) is 5.26 Å². The van der Waals surface area contributed by atoms with Crippen molar-refractivity contribution in [1.29, 1.82) is 5.26 Å². The normalized spacial score (nSPS) is 13.8. The van der Waals surface area contributed by atoms with E-state index in [4.69, 9.17) is 10.00 Å². The van der Waals surface area contributed by atoms with Crippen molar-refractivity contribution in [3.8, 4) is 6.07 Å². The lowest BCUT2D eigenvalue weighted by Gasteiger charge is -2.21. The van der Waals surface area contributed by atoms with Crippen molar-refractivity contribution >= 4 is 6.09 Å². The zero-order valence-corrected chi connectivity index (χ0v) is 12.8. The first-order valence-electron chi connectivity index (χ1n) is 6.78. The summed E-state index contributed by atoms with van der Waals surface area (Å²) in [4.78, 5) is 18.9. The van der Waals surface area contributed by atoms with Gasteiger partial charge in [0.25, 0.3) is 0 Å². The fourth-order valence-corrected chi connectivity index (χ4v) is 1.56. The number of nitrogens with zero attached hydrogens (tertiary/aromatic N) is 3. The fourth-order valence-electron chi connectivity index (χ4n) is 1.56. The molecule has 8 heteroatoms. The Balaban J connectivity index is 2.42. The summed E-state index contributed by atoms with van der Waals surface area (Å²) in [6.07, 6.45) is -0.211. The summed E-state index contributed by atoms with van der Waals surface area (Å²) in [7, 11) is 0. The van der Waals surface area contributed by atoms with Crippen LogP contribution in [0, 0.1) is 11.3 Å². The highest BCUT2D eigenvalue weighted by molar-refractivity contribution is 5.67. The van der Waals surface area contributed by atoms with Gasteiger partial charge in [-0.15, -0.1) is 0 Å². The van der Waals surface area contributed by atoms with Crippen LogP contribution in [0.3, 0.4) is 0 Å². The third-order valence-corrected chi connectivity index (χ3v) is 2.59. The van der Waals surface area contributed by atoms with E-state index in [1.54, 1.807) is 26.8 Å². The number of aliphatic hydroxyl groups excluding tert-OH is 2. The molecule has 8 nitrogen and oxygen atoms in total. The molecular weight excluding hydrogens is 288 g/mol. The minimum absolute atomic E-state index is 0.0166. The van der Waals surface area contributed by atoms with Crippen LogP contribution < -0.4 is 5.32 Å². The second-order valence-electron chi connectivity index (χ2n) is 5.68. The van der Waals surface area contributed by atoms with Crippen LogP contribution in [0.1, 0.15) is 44.7 Å². The Kier molecular flexibility index (Phi) is 6.22. The molecule has 1 heterocycles.